The SMILES string of the molecule is CC[C@H]1CCCN(C2CCC2)C1. The Morgan fingerprint density at radius 3 is 2.58 bits per heavy atom. The van der Waals surface area contributed by atoms with Gasteiger partial charge in [0, 0.05) is 12.6 Å². The van der Waals surface area contributed by atoms with Gasteiger partial charge in [-0.2, -0.15) is 0 Å². The summed E-state index contributed by atoms with van der Waals surface area (Å²) in [6, 6.07) is 0.986. The van der Waals surface area contributed by atoms with E-state index in [0.29, 0.717) is 0 Å². The Morgan fingerprint density at radius 1 is 1.17 bits per heavy atom. The lowest BCUT2D eigenvalue weighted by Crippen LogP contribution is -2.45. The molecule has 1 heterocycles. The Kier molecular flexibility index (Phi) is 2.69. The maximum absolute atomic E-state index is 2.75. The van der Waals surface area contributed by atoms with Gasteiger partial charge in [0.1, 0.15) is 0 Å². The first-order chi connectivity index (χ1) is 5.90. The summed E-state index contributed by atoms with van der Waals surface area (Å²) >= 11 is 0. The fourth-order valence-electron chi connectivity index (χ4n) is 2.51. The first-order valence-corrected chi connectivity index (χ1v) is 5.64. The van der Waals surface area contributed by atoms with Crippen LogP contribution in [0.25, 0.3) is 0 Å². The average molecular weight is 167 g/mol. The van der Waals surface area contributed by atoms with E-state index in [2.05, 4.69) is 11.8 Å². The van der Waals surface area contributed by atoms with Crippen molar-refractivity contribution in [2.24, 2.45) is 5.92 Å². The maximum atomic E-state index is 2.75. The van der Waals surface area contributed by atoms with Crippen LogP contribution in [0.3, 0.4) is 0 Å². The summed E-state index contributed by atoms with van der Waals surface area (Å²) in [7, 11) is 0. The van der Waals surface area contributed by atoms with Crippen LogP contribution >= 0.6 is 0 Å². The van der Waals surface area contributed by atoms with Crippen LogP contribution in [0, 0.1) is 5.92 Å². The van der Waals surface area contributed by atoms with Crippen molar-refractivity contribution < 1.29 is 0 Å². The molecule has 1 heteroatoms. The molecule has 0 amide bonds. The lowest BCUT2D eigenvalue weighted by molar-refractivity contribution is 0.0759. The highest BCUT2D eigenvalue weighted by Gasteiger charge is 2.28. The van der Waals surface area contributed by atoms with Gasteiger partial charge in [-0.3, -0.25) is 0 Å². The van der Waals surface area contributed by atoms with Gasteiger partial charge in [0.05, 0.1) is 0 Å². The van der Waals surface area contributed by atoms with Gasteiger partial charge in [-0.15, -0.1) is 0 Å². The second kappa shape index (κ2) is 3.78. The molecule has 1 nitrogen and oxygen atoms in total. The highest BCUT2D eigenvalue weighted by molar-refractivity contribution is 4.83. The second-order valence-electron chi connectivity index (χ2n) is 4.50. The fourth-order valence-corrected chi connectivity index (χ4v) is 2.51. The van der Waals surface area contributed by atoms with Gasteiger partial charge in [-0.25, -0.2) is 0 Å². The van der Waals surface area contributed by atoms with Crippen molar-refractivity contribution in [3.05, 3.63) is 0 Å². The van der Waals surface area contributed by atoms with E-state index in [9.17, 15) is 0 Å². The predicted octanol–water partition coefficient (Wildman–Crippen LogP) is 2.66. The van der Waals surface area contributed by atoms with Gasteiger partial charge in [-0.1, -0.05) is 19.8 Å². The molecule has 1 aliphatic heterocycles. The maximum Gasteiger partial charge on any atom is 0.00953 e. The minimum absolute atomic E-state index is 0.986. The number of likely N-dealkylation sites (tertiary alicyclic amines) is 1. The summed E-state index contributed by atoms with van der Waals surface area (Å²) in [5.74, 6) is 1.01. The van der Waals surface area contributed by atoms with E-state index >= 15 is 0 Å². The van der Waals surface area contributed by atoms with Gasteiger partial charge < -0.3 is 4.90 Å². The van der Waals surface area contributed by atoms with Gasteiger partial charge in [0.2, 0.25) is 0 Å². The molecule has 0 aromatic carbocycles. The summed E-state index contributed by atoms with van der Waals surface area (Å²) in [5, 5.41) is 0. The van der Waals surface area contributed by atoms with Crippen molar-refractivity contribution in [2.75, 3.05) is 13.1 Å². The average Bonchev–Trinajstić information content (AvgIpc) is 2.02. The second-order valence-corrected chi connectivity index (χ2v) is 4.50. The molecule has 0 aromatic heterocycles. The largest absolute Gasteiger partial charge is 0.300 e. The molecule has 0 spiro atoms. The number of piperidine rings is 1. The normalized spacial score (nSPS) is 33.2. The molecule has 70 valence electrons. The Bertz CT molecular complexity index is 140. The molecule has 2 aliphatic rings. The van der Waals surface area contributed by atoms with Crippen molar-refractivity contribution in [1.29, 1.82) is 0 Å². The molecule has 2 fully saturated rings. The Balaban J connectivity index is 1.81. The standard InChI is InChI=1S/C11H21N/c1-2-10-5-4-8-12(9-10)11-6-3-7-11/h10-11H,2-9H2,1H3/t10-/m0/s1. The molecular formula is C11H21N. The summed E-state index contributed by atoms with van der Waals surface area (Å²) in [6.07, 6.45) is 8.78. The Morgan fingerprint density at radius 2 is 2.00 bits per heavy atom. The summed E-state index contributed by atoms with van der Waals surface area (Å²) < 4.78 is 0. The molecule has 0 unspecified atom stereocenters. The van der Waals surface area contributed by atoms with E-state index in [1.807, 2.05) is 0 Å². The third-order valence-electron chi connectivity index (χ3n) is 3.72. The molecule has 1 atom stereocenters. The summed E-state index contributed by atoms with van der Waals surface area (Å²) in [6.45, 7) is 5.14. The van der Waals surface area contributed by atoms with E-state index in [-0.39, 0.29) is 0 Å². The van der Waals surface area contributed by atoms with Crippen molar-refractivity contribution in [2.45, 2.75) is 51.5 Å². The van der Waals surface area contributed by atoms with Crippen LogP contribution in [0.5, 0.6) is 0 Å². The Labute approximate surface area is 76.1 Å². The molecular weight excluding hydrogens is 146 g/mol. The predicted molar refractivity (Wildman–Crippen MR) is 52.2 cm³/mol. The van der Waals surface area contributed by atoms with E-state index in [0.717, 1.165) is 12.0 Å². The van der Waals surface area contributed by atoms with E-state index in [1.165, 1.54) is 51.6 Å². The highest BCUT2D eigenvalue weighted by Crippen LogP contribution is 2.29. The van der Waals surface area contributed by atoms with Crippen LogP contribution in [0.1, 0.15) is 45.4 Å². The van der Waals surface area contributed by atoms with Gasteiger partial charge in [0.15, 0.2) is 0 Å². The Hall–Kier alpha value is -0.0400. The minimum Gasteiger partial charge on any atom is -0.300 e. The van der Waals surface area contributed by atoms with Crippen LogP contribution in [0.2, 0.25) is 0 Å². The van der Waals surface area contributed by atoms with Gasteiger partial charge in [-0.05, 0) is 38.1 Å². The summed E-state index contributed by atoms with van der Waals surface area (Å²) in [4.78, 5) is 2.75. The van der Waals surface area contributed by atoms with Crippen molar-refractivity contribution in [3.63, 3.8) is 0 Å². The van der Waals surface area contributed by atoms with E-state index in [4.69, 9.17) is 0 Å². The molecule has 0 aromatic rings. The lowest BCUT2D eigenvalue weighted by atomic mass is 9.87. The fraction of sp³-hybridized carbons (Fsp3) is 1.00. The van der Waals surface area contributed by atoms with Crippen LogP contribution in [0.4, 0.5) is 0 Å². The monoisotopic (exact) mass is 167 g/mol. The third kappa shape index (κ3) is 1.66. The number of nitrogens with zero attached hydrogens (tertiary/aromatic N) is 1. The van der Waals surface area contributed by atoms with Crippen LogP contribution in [-0.4, -0.2) is 24.0 Å². The first kappa shape index (κ1) is 8.55. The van der Waals surface area contributed by atoms with Gasteiger partial charge in [0.25, 0.3) is 0 Å². The van der Waals surface area contributed by atoms with E-state index in [1.54, 1.807) is 0 Å². The zero-order valence-corrected chi connectivity index (χ0v) is 8.26. The van der Waals surface area contributed by atoms with Crippen molar-refractivity contribution in [3.8, 4) is 0 Å². The highest BCUT2D eigenvalue weighted by atomic mass is 15.2. The van der Waals surface area contributed by atoms with Crippen LogP contribution < -0.4 is 0 Å². The number of hydrogen-bond acceptors (Lipinski definition) is 1. The quantitative estimate of drug-likeness (QED) is 0.611. The molecule has 0 bridgehead atoms. The zero-order valence-electron chi connectivity index (χ0n) is 8.26. The zero-order chi connectivity index (χ0) is 8.39. The topological polar surface area (TPSA) is 3.24 Å². The third-order valence-corrected chi connectivity index (χ3v) is 3.72. The van der Waals surface area contributed by atoms with Crippen LogP contribution in [-0.2, 0) is 0 Å². The molecule has 1 saturated carbocycles. The minimum atomic E-state index is 0.986. The number of hydrogen-bond donors (Lipinski definition) is 0. The van der Waals surface area contributed by atoms with Gasteiger partial charge >= 0.3 is 0 Å². The van der Waals surface area contributed by atoms with E-state index < -0.39 is 0 Å². The molecule has 1 saturated heterocycles. The summed E-state index contributed by atoms with van der Waals surface area (Å²) in [5.41, 5.74) is 0. The van der Waals surface area contributed by atoms with Crippen molar-refractivity contribution in [1.82, 2.24) is 4.90 Å². The molecule has 12 heavy (non-hydrogen) atoms. The lowest BCUT2D eigenvalue weighted by Gasteiger charge is -2.42. The molecule has 0 N–H and O–H groups in total. The van der Waals surface area contributed by atoms with Crippen molar-refractivity contribution >= 4 is 0 Å². The van der Waals surface area contributed by atoms with Crippen LogP contribution in [0.15, 0.2) is 0 Å². The number of rotatable bonds is 2. The molecule has 2 rings (SSSR count). The smallest absolute Gasteiger partial charge is 0.00953 e. The first-order valence-electron chi connectivity index (χ1n) is 5.64. The molecule has 1 aliphatic carbocycles. The molecule has 0 radical (unpaired) electrons.